The second-order valence-electron chi connectivity index (χ2n) is 5.81. The zero-order chi connectivity index (χ0) is 13.8. The van der Waals surface area contributed by atoms with E-state index in [2.05, 4.69) is 18.9 Å². The van der Waals surface area contributed by atoms with Crippen LogP contribution in [-0.2, 0) is 6.54 Å². The molecule has 1 aliphatic rings. The highest BCUT2D eigenvalue weighted by Crippen LogP contribution is 2.31. The topological polar surface area (TPSA) is 29.3 Å². The van der Waals surface area contributed by atoms with Crippen molar-refractivity contribution in [2.45, 2.75) is 51.6 Å². The van der Waals surface area contributed by atoms with Crippen molar-refractivity contribution in [2.24, 2.45) is 5.92 Å². The molecule has 1 aliphatic carbocycles. The molecule has 0 spiro atoms. The third-order valence-corrected chi connectivity index (χ3v) is 4.93. The Kier molecular flexibility index (Phi) is 5.12. The Hall–Kier alpha value is -0.730. The Balaban J connectivity index is 1.96. The summed E-state index contributed by atoms with van der Waals surface area (Å²) < 4.78 is 0. The molecule has 19 heavy (non-hydrogen) atoms. The predicted molar refractivity (Wildman–Crippen MR) is 83.4 cm³/mol. The molecule has 0 amide bonds. The molecule has 0 atom stereocenters. The van der Waals surface area contributed by atoms with Crippen molar-refractivity contribution in [3.63, 3.8) is 0 Å². The number of hydrogen-bond acceptors (Lipinski definition) is 2. The summed E-state index contributed by atoms with van der Waals surface area (Å²) in [5.41, 5.74) is 7.91. The summed E-state index contributed by atoms with van der Waals surface area (Å²) in [7, 11) is 2.19. The number of nitrogens with two attached hydrogens (primary N) is 1. The second kappa shape index (κ2) is 6.62. The van der Waals surface area contributed by atoms with E-state index in [1.807, 2.05) is 18.2 Å². The molecular weight excluding hydrogens is 256 g/mol. The molecule has 0 aliphatic heterocycles. The summed E-state index contributed by atoms with van der Waals surface area (Å²) in [5.74, 6) is 0.940. The van der Waals surface area contributed by atoms with E-state index in [1.165, 1.54) is 32.1 Å². The van der Waals surface area contributed by atoms with Gasteiger partial charge in [0.15, 0.2) is 0 Å². The van der Waals surface area contributed by atoms with Crippen LogP contribution in [0.4, 0.5) is 5.69 Å². The Bertz CT molecular complexity index is 391. The van der Waals surface area contributed by atoms with E-state index >= 15 is 0 Å². The van der Waals surface area contributed by atoms with Crippen LogP contribution in [0, 0.1) is 5.92 Å². The Morgan fingerprint density at radius 2 is 1.95 bits per heavy atom. The summed E-state index contributed by atoms with van der Waals surface area (Å²) in [6, 6.07) is 6.45. The van der Waals surface area contributed by atoms with Crippen molar-refractivity contribution < 1.29 is 0 Å². The Morgan fingerprint density at radius 3 is 2.53 bits per heavy atom. The fourth-order valence-corrected chi connectivity index (χ4v) is 3.36. The summed E-state index contributed by atoms with van der Waals surface area (Å²) in [6.45, 7) is 3.16. The average molecular weight is 281 g/mol. The van der Waals surface area contributed by atoms with Gasteiger partial charge in [-0.3, -0.25) is 4.90 Å². The van der Waals surface area contributed by atoms with Gasteiger partial charge in [-0.15, -0.1) is 0 Å². The van der Waals surface area contributed by atoms with Crippen LogP contribution in [-0.4, -0.2) is 18.0 Å². The molecule has 0 bridgehead atoms. The summed E-state index contributed by atoms with van der Waals surface area (Å²) in [5, 5.41) is 0.786. The molecule has 1 aromatic rings. The van der Waals surface area contributed by atoms with Crippen LogP contribution in [0.1, 0.15) is 44.6 Å². The van der Waals surface area contributed by atoms with Gasteiger partial charge in [0.1, 0.15) is 0 Å². The third kappa shape index (κ3) is 3.64. The first-order valence-corrected chi connectivity index (χ1v) is 7.72. The molecule has 2 rings (SSSR count). The first kappa shape index (κ1) is 14.7. The van der Waals surface area contributed by atoms with Gasteiger partial charge in [0, 0.05) is 28.9 Å². The Morgan fingerprint density at radius 1 is 1.26 bits per heavy atom. The van der Waals surface area contributed by atoms with Gasteiger partial charge in [-0.1, -0.05) is 31.0 Å². The maximum absolute atomic E-state index is 6.25. The minimum absolute atomic E-state index is 0.679. The lowest BCUT2D eigenvalue weighted by Crippen LogP contribution is -2.34. The highest BCUT2D eigenvalue weighted by Gasteiger charge is 2.23. The van der Waals surface area contributed by atoms with Gasteiger partial charge in [0.25, 0.3) is 0 Å². The molecular formula is C16H25ClN2. The first-order valence-electron chi connectivity index (χ1n) is 7.35. The standard InChI is InChI=1S/C16H25ClN2/c1-3-12-7-9-13(10-8-12)19(2)11-14-15(17)5-4-6-16(14)18/h4-6,12-13H,3,7-11,18H2,1-2H3. The zero-order valence-electron chi connectivity index (χ0n) is 12.0. The molecule has 0 heterocycles. The van der Waals surface area contributed by atoms with Gasteiger partial charge >= 0.3 is 0 Å². The monoisotopic (exact) mass is 280 g/mol. The normalized spacial score (nSPS) is 23.8. The van der Waals surface area contributed by atoms with Gasteiger partial charge in [0.05, 0.1) is 0 Å². The van der Waals surface area contributed by atoms with E-state index in [4.69, 9.17) is 17.3 Å². The number of hydrogen-bond donors (Lipinski definition) is 1. The van der Waals surface area contributed by atoms with Gasteiger partial charge in [-0.05, 0) is 50.8 Å². The third-order valence-electron chi connectivity index (χ3n) is 4.58. The summed E-state index contributed by atoms with van der Waals surface area (Å²) >= 11 is 6.25. The molecule has 0 aromatic heterocycles. The molecule has 106 valence electrons. The minimum Gasteiger partial charge on any atom is -0.398 e. The number of nitrogens with zero attached hydrogens (tertiary/aromatic N) is 1. The molecule has 3 heteroatoms. The van der Waals surface area contributed by atoms with Gasteiger partial charge in [0.2, 0.25) is 0 Å². The fourth-order valence-electron chi connectivity index (χ4n) is 3.11. The van der Waals surface area contributed by atoms with Gasteiger partial charge < -0.3 is 5.73 Å². The van der Waals surface area contributed by atoms with Gasteiger partial charge in [-0.2, -0.15) is 0 Å². The Labute approximate surface area is 121 Å². The average Bonchev–Trinajstić information content (AvgIpc) is 2.43. The molecule has 2 nitrogen and oxygen atoms in total. The minimum atomic E-state index is 0.679. The number of halogens is 1. The second-order valence-corrected chi connectivity index (χ2v) is 6.21. The molecule has 1 fully saturated rings. The fraction of sp³-hybridized carbons (Fsp3) is 0.625. The lowest BCUT2D eigenvalue weighted by atomic mass is 9.84. The SMILES string of the molecule is CCC1CCC(N(C)Cc2c(N)cccc2Cl)CC1. The van der Waals surface area contributed by atoms with Gasteiger partial charge in [-0.25, -0.2) is 0 Å². The van der Waals surface area contributed by atoms with Crippen LogP contribution < -0.4 is 5.73 Å². The van der Waals surface area contributed by atoms with E-state index in [0.717, 1.165) is 28.7 Å². The number of rotatable bonds is 4. The zero-order valence-corrected chi connectivity index (χ0v) is 12.8. The molecule has 2 N–H and O–H groups in total. The molecule has 0 unspecified atom stereocenters. The largest absolute Gasteiger partial charge is 0.398 e. The molecule has 0 radical (unpaired) electrons. The van der Waals surface area contributed by atoms with Crippen molar-refractivity contribution in [2.75, 3.05) is 12.8 Å². The molecule has 1 aromatic carbocycles. The predicted octanol–water partition coefficient (Wildman–Crippen LogP) is 4.32. The maximum Gasteiger partial charge on any atom is 0.0471 e. The van der Waals surface area contributed by atoms with E-state index < -0.39 is 0 Å². The van der Waals surface area contributed by atoms with Crippen LogP contribution in [0.25, 0.3) is 0 Å². The smallest absolute Gasteiger partial charge is 0.0471 e. The van der Waals surface area contributed by atoms with E-state index in [1.54, 1.807) is 0 Å². The summed E-state index contributed by atoms with van der Waals surface area (Å²) in [4.78, 5) is 2.42. The van der Waals surface area contributed by atoms with Crippen LogP contribution in [0.15, 0.2) is 18.2 Å². The van der Waals surface area contributed by atoms with Crippen molar-refractivity contribution in [3.8, 4) is 0 Å². The highest BCUT2D eigenvalue weighted by molar-refractivity contribution is 6.31. The van der Waals surface area contributed by atoms with E-state index in [9.17, 15) is 0 Å². The van der Waals surface area contributed by atoms with Crippen molar-refractivity contribution in [3.05, 3.63) is 28.8 Å². The first-order chi connectivity index (χ1) is 9.11. The number of nitrogen functional groups attached to an aromatic ring is 1. The lowest BCUT2D eigenvalue weighted by Gasteiger charge is -2.34. The quantitative estimate of drug-likeness (QED) is 0.832. The van der Waals surface area contributed by atoms with E-state index in [-0.39, 0.29) is 0 Å². The molecule has 1 saturated carbocycles. The van der Waals surface area contributed by atoms with Crippen LogP contribution in [0.2, 0.25) is 5.02 Å². The summed E-state index contributed by atoms with van der Waals surface area (Å²) in [6.07, 6.45) is 6.67. The van der Waals surface area contributed by atoms with E-state index in [0.29, 0.717) is 6.04 Å². The highest BCUT2D eigenvalue weighted by atomic mass is 35.5. The van der Waals surface area contributed by atoms with Crippen LogP contribution >= 0.6 is 11.6 Å². The van der Waals surface area contributed by atoms with Crippen molar-refractivity contribution in [1.82, 2.24) is 4.90 Å². The van der Waals surface area contributed by atoms with Crippen molar-refractivity contribution in [1.29, 1.82) is 0 Å². The van der Waals surface area contributed by atoms with Crippen LogP contribution in [0.3, 0.4) is 0 Å². The van der Waals surface area contributed by atoms with Crippen molar-refractivity contribution >= 4 is 17.3 Å². The maximum atomic E-state index is 6.25. The lowest BCUT2D eigenvalue weighted by molar-refractivity contribution is 0.158. The number of benzene rings is 1. The number of anilines is 1. The van der Waals surface area contributed by atoms with Crippen LogP contribution in [0.5, 0.6) is 0 Å². The molecule has 0 saturated heterocycles.